The van der Waals surface area contributed by atoms with E-state index in [0.29, 0.717) is 22.2 Å². The molecule has 2 aromatic carbocycles. The Morgan fingerprint density at radius 3 is 2.57 bits per heavy atom. The molecule has 0 atom stereocenters. The van der Waals surface area contributed by atoms with Gasteiger partial charge in [-0.2, -0.15) is 5.26 Å². The third-order valence-corrected chi connectivity index (χ3v) is 4.48. The number of amides is 1. The van der Waals surface area contributed by atoms with Gasteiger partial charge in [-0.25, -0.2) is 0 Å². The van der Waals surface area contributed by atoms with Crippen LogP contribution in [0, 0.1) is 18.3 Å². The smallest absolute Gasteiger partial charge is 0.267 e. The fourth-order valence-corrected chi connectivity index (χ4v) is 2.89. The number of hydrogen-bond donors (Lipinski definition) is 2. The van der Waals surface area contributed by atoms with Crippen molar-refractivity contribution in [2.45, 2.75) is 20.3 Å². The summed E-state index contributed by atoms with van der Waals surface area (Å²) in [5, 5.41) is 15.6. The van der Waals surface area contributed by atoms with Crippen LogP contribution in [-0.2, 0) is 11.2 Å². The van der Waals surface area contributed by atoms with Gasteiger partial charge in [0.25, 0.3) is 5.91 Å². The molecule has 0 aliphatic carbocycles. The van der Waals surface area contributed by atoms with Crippen LogP contribution in [0.3, 0.4) is 0 Å². The zero-order chi connectivity index (χ0) is 20.7. The summed E-state index contributed by atoms with van der Waals surface area (Å²) < 4.78 is 10.5. The van der Waals surface area contributed by atoms with E-state index in [1.54, 1.807) is 12.1 Å². The summed E-state index contributed by atoms with van der Waals surface area (Å²) in [6.45, 7) is 3.92. The lowest BCUT2D eigenvalue weighted by Crippen LogP contribution is -2.16. The van der Waals surface area contributed by atoms with Gasteiger partial charge in [-0.1, -0.05) is 36.7 Å². The summed E-state index contributed by atoms with van der Waals surface area (Å²) >= 11 is 6.09. The van der Waals surface area contributed by atoms with Gasteiger partial charge in [0.05, 0.1) is 24.9 Å². The van der Waals surface area contributed by atoms with E-state index in [4.69, 9.17) is 21.1 Å². The van der Waals surface area contributed by atoms with E-state index >= 15 is 0 Å². The molecule has 0 unspecified atom stereocenters. The van der Waals surface area contributed by atoms with Crippen molar-refractivity contribution in [3.05, 3.63) is 58.3 Å². The highest BCUT2D eigenvalue weighted by Crippen LogP contribution is 2.36. The molecule has 0 heterocycles. The van der Waals surface area contributed by atoms with Crippen molar-refractivity contribution in [1.82, 2.24) is 0 Å². The molecule has 2 rings (SSSR count). The molecule has 146 valence electrons. The first-order chi connectivity index (χ1) is 13.4. The summed E-state index contributed by atoms with van der Waals surface area (Å²) in [6.07, 6.45) is 2.09. The Bertz CT molecular complexity index is 949. The van der Waals surface area contributed by atoms with Gasteiger partial charge in [0, 0.05) is 24.0 Å². The maximum atomic E-state index is 12.6. The number of para-hydroxylation sites is 1. The van der Waals surface area contributed by atoms with E-state index < -0.39 is 5.91 Å². The zero-order valence-electron chi connectivity index (χ0n) is 16.2. The van der Waals surface area contributed by atoms with Gasteiger partial charge in [0.15, 0.2) is 0 Å². The van der Waals surface area contributed by atoms with Crippen LogP contribution in [0.4, 0.5) is 11.4 Å². The second-order valence-electron chi connectivity index (χ2n) is 5.92. The lowest BCUT2D eigenvalue weighted by Gasteiger charge is -2.13. The van der Waals surface area contributed by atoms with Crippen LogP contribution in [0.1, 0.15) is 18.1 Å². The molecular weight excluding hydrogens is 378 g/mol. The molecule has 1 amide bonds. The van der Waals surface area contributed by atoms with Gasteiger partial charge in [-0.3, -0.25) is 4.79 Å². The van der Waals surface area contributed by atoms with Gasteiger partial charge >= 0.3 is 0 Å². The zero-order valence-corrected chi connectivity index (χ0v) is 17.0. The van der Waals surface area contributed by atoms with Crippen LogP contribution in [0.15, 0.2) is 42.1 Å². The van der Waals surface area contributed by atoms with Gasteiger partial charge in [0.1, 0.15) is 23.1 Å². The molecule has 0 aliphatic heterocycles. The van der Waals surface area contributed by atoms with Gasteiger partial charge in [0.2, 0.25) is 0 Å². The average Bonchev–Trinajstić information content (AvgIpc) is 2.70. The van der Waals surface area contributed by atoms with Crippen LogP contribution < -0.4 is 20.1 Å². The molecule has 0 fully saturated rings. The summed E-state index contributed by atoms with van der Waals surface area (Å²) in [5.74, 6) is 0.389. The standard InChI is InChI=1S/C21H22ClN3O3/c1-5-14-8-6-7-13(2)20(14)25-21(26)15(11-23)12-24-17-10-18(27-3)16(22)9-19(17)28-4/h6-10,12,24H,5H2,1-4H3,(H,25,26)/b15-12-. The van der Waals surface area contributed by atoms with Crippen LogP contribution in [-0.4, -0.2) is 20.1 Å². The van der Waals surface area contributed by atoms with E-state index in [2.05, 4.69) is 10.6 Å². The monoisotopic (exact) mass is 399 g/mol. The first-order valence-electron chi connectivity index (χ1n) is 8.63. The largest absolute Gasteiger partial charge is 0.495 e. The number of nitrogens with one attached hydrogen (secondary N) is 2. The number of benzene rings is 2. The minimum Gasteiger partial charge on any atom is -0.495 e. The number of carbonyl (C=O) groups excluding carboxylic acids is 1. The molecule has 0 saturated carbocycles. The van der Waals surface area contributed by atoms with Crippen molar-refractivity contribution in [3.8, 4) is 17.6 Å². The number of aryl methyl sites for hydroxylation is 2. The fraction of sp³-hybridized carbons (Fsp3) is 0.238. The topological polar surface area (TPSA) is 83.4 Å². The van der Waals surface area contributed by atoms with Crippen LogP contribution in [0.2, 0.25) is 5.02 Å². The summed E-state index contributed by atoms with van der Waals surface area (Å²) in [6, 6.07) is 10.9. The number of methoxy groups -OCH3 is 2. The quantitative estimate of drug-likeness (QED) is 0.521. The maximum absolute atomic E-state index is 12.6. The van der Waals surface area contributed by atoms with Crippen molar-refractivity contribution in [3.63, 3.8) is 0 Å². The molecule has 6 nitrogen and oxygen atoms in total. The molecule has 0 spiro atoms. The molecule has 0 saturated heterocycles. The van der Waals surface area contributed by atoms with Gasteiger partial charge < -0.3 is 20.1 Å². The number of nitrogens with zero attached hydrogens (tertiary/aromatic N) is 1. The molecular formula is C21H22ClN3O3. The number of nitriles is 1. The first-order valence-corrected chi connectivity index (χ1v) is 9.01. The normalized spacial score (nSPS) is 10.8. The van der Waals surface area contributed by atoms with E-state index in [-0.39, 0.29) is 5.57 Å². The summed E-state index contributed by atoms with van der Waals surface area (Å²) in [7, 11) is 2.99. The Hall–Kier alpha value is -3.17. The molecule has 2 aromatic rings. The molecule has 0 aliphatic rings. The minimum absolute atomic E-state index is 0.0822. The molecule has 28 heavy (non-hydrogen) atoms. The number of hydrogen-bond acceptors (Lipinski definition) is 5. The predicted octanol–water partition coefficient (Wildman–Crippen LogP) is 4.69. The minimum atomic E-state index is -0.501. The number of halogens is 1. The van der Waals surface area contributed by atoms with Crippen molar-refractivity contribution >= 4 is 28.9 Å². The lowest BCUT2D eigenvalue weighted by atomic mass is 10.1. The molecule has 7 heteroatoms. The maximum Gasteiger partial charge on any atom is 0.267 e. The molecule has 0 aromatic heterocycles. The van der Waals surface area contributed by atoms with Crippen LogP contribution in [0.5, 0.6) is 11.5 Å². The fourth-order valence-electron chi connectivity index (χ4n) is 2.65. The SMILES string of the molecule is CCc1cccc(C)c1NC(=O)/C(C#N)=C\Nc1cc(OC)c(Cl)cc1OC. The average molecular weight is 400 g/mol. The first kappa shape index (κ1) is 21.1. The Morgan fingerprint density at radius 1 is 1.25 bits per heavy atom. The third kappa shape index (κ3) is 4.76. The predicted molar refractivity (Wildman–Crippen MR) is 111 cm³/mol. The van der Waals surface area contributed by atoms with E-state index in [0.717, 1.165) is 23.2 Å². The van der Waals surface area contributed by atoms with Gasteiger partial charge in [-0.05, 0) is 24.5 Å². The van der Waals surface area contributed by atoms with E-state index in [1.807, 2.05) is 38.1 Å². The van der Waals surface area contributed by atoms with Crippen LogP contribution >= 0.6 is 11.6 Å². The van der Waals surface area contributed by atoms with Crippen molar-refractivity contribution in [2.75, 3.05) is 24.9 Å². The van der Waals surface area contributed by atoms with Crippen molar-refractivity contribution < 1.29 is 14.3 Å². The summed E-state index contributed by atoms with van der Waals surface area (Å²) in [4.78, 5) is 12.6. The second kappa shape index (κ2) is 9.67. The second-order valence-corrected chi connectivity index (χ2v) is 6.33. The number of carbonyl (C=O) groups is 1. The van der Waals surface area contributed by atoms with Crippen molar-refractivity contribution in [1.29, 1.82) is 5.26 Å². The Morgan fingerprint density at radius 2 is 1.96 bits per heavy atom. The van der Waals surface area contributed by atoms with Gasteiger partial charge in [-0.15, -0.1) is 0 Å². The van der Waals surface area contributed by atoms with E-state index in [9.17, 15) is 10.1 Å². The number of ether oxygens (including phenoxy) is 2. The Labute approximate surface area is 169 Å². The lowest BCUT2D eigenvalue weighted by molar-refractivity contribution is -0.112. The third-order valence-electron chi connectivity index (χ3n) is 4.19. The summed E-state index contributed by atoms with van der Waals surface area (Å²) in [5.41, 5.74) is 3.09. The number of rotatable bonds is 7. The highest BCUT2D eigenvalue weighted by molar-refractivity contribution is 6.32. The number of anilines is 2. The van der Waals surface area contributed by atoms with Crippen molar-refractivity contribution in [2.24, 2.45) is 0 Å². The molecule has 2 N–H and O–H groups in total. The van der Waals surface area contributed by atoms with Crippen LogP contribution in [0.25, 0.3) is 0 Å². The van der Waals surface area contributed by atoms with E-state index in [1.165, 1.54) is 20.4 Å². The molecule has 0 bridgehead atoms. The Kier molecular flexibility index (Phi) is 7.30. The highest BCUT2D eigenvalue weighted by Gasteiger charge is 2.14. The highest BCUT2D eigenvalue weighted by atomic mass is 35.5. The Balaban J connectivity index is 2.28. The molecule has 0 radical (unpaired) electrons.